The number of aliphatic hydroxyl groups is 4. The van der Waals surface area contributed by atoms with Crippen LogP contribution in [0, 0.1) is 29.6 Å². The van der Waals surface area contributed by atoms with E-state index in [1.165, 1.54) is 34.6 Å². The van der Waals surface area contributed by atoms with Crippen LogP contribution in [0.3, 0.4) is 0 Å². The quantitative estimate of drug-likeness (QED) is 0.0134. The number of hydrogen-bond acceptors (Lipinski definition) is 14. The number of nitrogens with zero attached hydrogens (tertiary/aromatic N) is 2. The number of amides is 7. The third-order valence-electron chi connectivity index (χ3n) is 11.1. The highest BCUT2D eigenvalue weighted by Gasteiger charge is 2.39. The Hall–Kier alpha value is -6.12. The number of carbonyl (C=O) groups excluding carboxylic acids is 7. The fraction of sp³-hybridized carbons (Fsp3) is 0.714. The number of carboxylic acids is 1. The first-order valence-electron chi connectivity index (χ1n) is 22.3. The minimum absolute atomic E-state index is 0.00110. The van der Waals surface area contributed by atoms with E-state index in [1.54, 1.807) is 6.92 Å². The molecule has 0 aliphatic carbocycles. The molecule has 26 nitrogen and oxygen atoms in total. The minimum Gasteiger partial charge on any atom is -0.480 e. The topological polar surface area (TPSA) is 465 Å². The number of carboxylic acid groups (broad SMARTS) is 1. The molecule has 0 aromatic rings. The van der Waals surface area contributed by atoms with Crippen LogP contribution in [-0.2, 0) is 38.4 Å². The van der Waals surface area contributed by atoms with Crippen molar-refractivity contribution in [3.8, 4) is 0 Å². The molecule has 0 aromatic heterocycles. The predicted molar refractivity (Wildman–Crippen MR) is 250 cm³/mol. The van der Waals surface area contributed by atoms with E-state index < -0.39 is 125 Å². The van der Waals surface area contributed by atoms with Crippen LogP contribution in [-0.4, -0.2) is 152 Å². The third-order valence-corrected chi connectivity index (χ3v) is 11.1. The largest absolute Gasteiger partial charge is 0.480 e. The zero-order valence-corrected chi connectivity index (χ0v) is 40.4. The summed E-state index contributed by atoms with van der Waals surface area (Å²) in [5.41, 5.74) is 26.3. The van der Waals surface area contributed by atoms with Gasteiger partial charge in [0.15, 0.2) is 18.0 Å². The summed E-state index contributed by atoms with van der Waals surface area (Å²) in [4.78, 5) is 112. The zero-order valence-electron chi connectivity index (χ0n) is 40.4. The molecule has 0 bridgehead atoms. The molecule has 0 rings (SSSR count). The van der Waals surface area contributed by atoms with Crippen LogP contribution in [0.5, 0.6) is 0 Å². The minimum atomic E-state index is -2.38. The predicted octanol–water partition coefficient (Wildman–Crippen LogP) is -4.82. The first-order chi connectivity index (χ1) is 31.5. The van der Waals surface area contributed by atoms with Gasteiger partial charge in [-0.2, -0.15) is 0 Å². The number of allylic oxidation sites excluding steroid dienone is 1. The van der Waals surface area contributed by atoms with Gasteiger partial charge in [0.2, 0.25) is 29.5 Å². The second-order valence-corrected chi connectivity index (χ2v) is 17.4. The molecule has 21 N–H and O–H groups in total. The van der Waals surface area contributed by atoms with Crippen LogP contribution >= 0.6 is 0 Å². The molecule has 0 saturated heterocycles. The second kappa shape index (κ2) is 30.3. The fourth-order valence-corrected chi connectivity index (χ4v) is 6.81. The van der Waals surface area contributed by atoms with E-state index >= 15 is 0 Å². The molecule has 13 atom stereocenters. The first-order valence-corrected chi connectivity index (χ1v) is 22.3. The van der Waals surface area contributed by atoms with Crippen LogP contribution < -0.4 is 60.6 Å². The van der Waals surface area contributed by atoms with Gasteiger partial charge in [-0.25, -0.2) is 4.79 Å². The lowest BCUT2D eigenvalue weighted by Gasteiger charge is -2.32. The molecule has 0 heterocycles. The first kappa shape index (κ1) is 61.9. The van der Waals surface area contributed by atoms with Crippen LogP contribution in [0.25, 0.3) is 0 Å². The van der Waals surface area contributed by atoms with E-state index in [-0.39, 0.29) is 62.5 Å². The van der Waals surface area contributed by atoms with Crippen LogP contribution in [0.4, 0.5) is 0 Å². The Morgan fingerprint density at radius 1 is 0.603 bits per heavy atom. The number of aliphatic hydroxyl groups excluding tert-OH is 4. The average molecular weight is 972 g/mol. The Labute approximate surface area is 396 Å². The molecule has 68 heavy (non-hydrogen) atoms. The van der Waals surface area contributed by atoms with Crippen molar-refractivity contribution in [3.63, 3.8) is 0 Å². The van der Waals surface area contributed by atoms with Crippen LogP contribution in [0.2, 0.25) is 0 Å². The third kappa shape index (κ3) is 21.7. The molecule has 388 valence electrons. The van der Waals surface area contributed by atoms with Gasteiger partial charge in [-0.1, -0.05) is 47.6 Å². The molecule has 7 amide bonds. The van der Waals surface area contributed by atoms with Crippen molar-refractivity contribution in [1.29, 1.82) is 0 Å². The summed E-state index contributed by atoms with van der Waals surface area (Å²) in [5.74, 6) is -12.3. The molecule has 0 radical (unpaired) electrons. The summed E-state index contributed by atoms with van der Waals surface area (Å²) in [5, 5.41) is 67.4. The van der Waals surface area contributed by atoms with Gasteiger partial charge in [-0.15, -0.1) is 0 Å². The van der Waals surface area contributed by atoms with Crippen molar-refractivity contribution in [2.75, 3.05) is 13.1 Å². The number of primary amides is 1. The number of nitrogens with one attached hydrogen (secondary N) is 6. The lowest BCUT2D eigenvalue weighted by atomic mass is 9.87. The highest BCUT2D eigenvalue weighted by atomic mass is 16.4. The number of guanidine groups is 2. The normalized spacial score (nSPS) is 17.3. The molecular formula is C42H77N13O13. The number of carbonyl (C=O) groups is 8. The summed E-state index contributed by atoms with van der Waals surface area (Å²) in [7, 11) is 0. The van der Waals surface area contributed by atoms with E-state index in [0.717, 1.165) is 13.0 Å². The van der Waals surface area contributed by atoms with Gasteiger partial charge in [0, 0.05) is 19.0 Å². The molecule has 0 aliphatic heterocycles. The van der Waals surface area contributed by atoms with E-state index in [1.807, 2.05) is 13.8 Å². The van der Waals surface area contributed by atoms with Gasteiger partial charge >= 0.3 is 5.97 Å². The SMILES string of the molecule is C/C=C(\NC(=O)[C@@H](NC(=O)[C@H](O)[C@H](O)[C@H](CCCN=C(N)N)NC(=O)[C@@H](C)NC(=O)[C@H](C)[C@H](O)[C@H](C)CC(C)C)[C@@H](C)[C@@H](C)C(N)=O)C(=O)N[C@@H](C(=O)N[C@H](CCCN=C(N)N)C(=O)O)[C@@H](C)O. The Kier molecular flexibility index (Phi) is 27.6. The highest BCUT2D eigenvalue weighted by Crippen LogP contribution is 2.21. The number of hydrogen-bond donors (Lipinski definition) is 16. The number of aliphatic imine (C=N–C) groups is 2. The zero-order chi connectivity index (χ0) is 52.7. The summed E-state index contributed by atoms with van der Waals surface area (Å²) in [6.07, 6.45) is -5.41. The second-order valence-electron chi connectivity index (χ2n) is 17.4. The van der Waals surface area contributed by atoms with Gasteiger partial charge in [0.25, 0.3) is 11.8 Å². The van der Waals surface area contributed by atoms with Gasteiger partial charge < -0.3 is 86.1 Å². The molecule has 0 spiro atoms. The van der Waals surface area contributed by atoms with Crippen molar-refractivity contribution in [1.82, 2.24) is 31.9 Å². The van der Waals surface area contributed by atoms with Crippen molar-refractivity contribution >= 4 is 59.2 Å². The number of rotatable bonds is 31. The van der Waals surface area contributed by atoms with Crippen LogP contribution in [0.15, 0.2) is 21.8 Å². The van der Waals surface area contributed by atoms with Crippen LogP contribution in [0.1, 0.15) is 94.4 Å². The molecular weight excluding hydrogens is 895 g/mol. The Bertz CT molecular complexity index is 1800. The Morgan fingerprint density at radius 2 is 1.15 bits per heavy atom. The monoisotopic (exact) mass is 972 g/mol. The van der Waals surface area contributed by atoms with Gasteiger partial charge in [-0.3, -0.25) is 43.5 Å². The molecule has 0 saturated carbocycles. The van der Waals surface area contributed by atoms with Gasteiger partial charge in [0.05, 0.1) is 24.2 Å². The standard InChI is InChI=1S/C42H77N13O13/c1-10-25(36(63)55-29(24(9)56)38(65)53-27(40(67)68)14-12-16-49-42(46)47)51-37(64)28(20(5)21(6)33(43)60)54-39(66)32(59)31(58)26(13-11-15-48-41(44)45)52-35(62)23(8)50-34(61)22(7)30(57)19(4)17-18(2)3/h10,18-24,26-32,56-59H,11-17H2,1-9H3,(H2,43,60)(H,50,61)(H,51,64)(H,52,62)(H,53,65)(H,54,66)(H,55,63)(H,67,68)(H4,44,45,48)(H4,46,47,49)/b25-10-/t19-,20+,21-,22-,23-,24-,26+,27-,28+,29-,30-,31-,32-/m1/s1. The maximum Gasteiger partial charge on any atom is 0.326 e. The summed E-state index contributed by atoms with van der Waals surface area (Å²) in [6.45, 7) is 13.8. The van der Waals surface area contributed by atoms with E-state index in [0.29, 0.717) is 6.42 Å². The van der Waals surface area contributed by atoms with E-state index in [9.17, 15) is 63.9 Å². The Morgan fingerprint density at radius 3 is 1.62 bits per heavy atom. The maximum atomic E-state index is 13.9. The lowest BCUT2D eigenvalue weighted by molar-refractivity contribution is -0.143. The smallest absolute Gasteiger partial charge is 0.326 e. The summed E-state index contributed by atoms with van der Waals surface area (Å²) in [6, 6.07) is -7.66. The highest BCUT2D eigenvalue weighted by molar-refractivity contribution is 6.02. The molecule has 0 unspecified atom stereocenters. The average Bonchev–Trinajstić information content (AvgIpc) is 3.25. The summed E-state index contributed by atoms with van der Waals surface area (Å²) >= 11 is 0. The van der Waals surface area contributed by atoms with Gasteiger partial charge in [0.1, 0.15) is 36.0 Å². The molecule has 0 aromatic carbocycles. The molecule has 0 aliphatic rings. The number of aliphatic carboxylic acids is 1. The maximum absolute atomic E-state index is 13.9. The molecule has 26 heteroatoms. The van der Waals surface area contributed by atoms with Crippen molar-refractivity contribution in [2.24, 2.45) is 68.2 Å². The van der Waals surface area contributed by atoms with Crippen molar-refractivity contribution in [3.05, 3.63) is 11.8 Å². The van der Waals surface area contributed by atoms with Crippen molar-refractivity contribution < 1.29 is 63.9 Å². The Balaban J connectivity index is 6.44. The molecule has 0 fully saturated rings. The van der Waals surface area contributed by atoms with Crippen molar-refractivity contribution in [2.45, 2.75) is 149 Å². The van der Waals surface area contributed by atoms with E-state index in [4.69, 9.17) is 28.7 Å². The van der Waals surface area contributed by atoms with E-state index in [2.05, 4.69) is 41.9 Å². The fourth-order valence-electron chi connectivity index (χ4n) is 6.81. The lowest BCUT2D eigenvalue weighted by Crippen LogP contribution is -2.60. The van der Waals surface area contributed by atoms with Gasteiger partial charge in [-0.05, 0) is 70.6 Å². The summed E-state index contributed by atoms with van der Waals surface area (Å²) < 4.78 is 0. The number of nitrogens with two attached hydrogens (primary N) is 5.